The van der Waals surface area contributed by atoms with Crippen molar-refractivity contribution in [2.24, 2.45) is 0 Å². The molecule has 7 heteroatoms. The third-order valence-corrected chi connectivity index (χ3v) is 8.04. The molecule has 0 bridgehead atoms. The van der Waals surface area contributed by atoms with Crippen molar-refractivity contribution in [3.63, 3.8) is 0 Å². The lowest BCUT2D eigenvalue weighted by Gasteiger charge is -2.31. The summed E-state index contributed by atoms with van der Waals surface area (Å²) in [7, 11) is 3.58. The lowest BCUT2D eigenvalue weighted by Crippen LogP contribution is -2.49. The number of rotatable bonds is 13. The van der Waals surface area contributed by atoms with Crippen LogP contribution in [0.25, 0.3) is 0 Å². The summed E-state index contributed by atoms with van der Waals surface area (Å²) in [6, 6.07) is 31.9. The third kappa shape index (κ3) is 8.78. The highest BCUT2D eigenvalue weighted by Crippen LogP contribution is 2.21. The quantitative estimate of drug-likeness (QED) is 0.180. The fraction of sp³-hybridized carbons (Fsp3) is 0.297. The Labute approximate surface area is 260 Å². The number of carbonyl (C=O) groups is 2. The maximum atomic E-state index is 13.7. The number of carbonyl (C=O) groups excluding carboxylic acids is 2. The highest BCUT2D eigenvalue weighted by Gasteiger charge is 2.26. The van der Waals surface area contributed by atoms with Crippen LogP contribution in [0.4, 0.5) is 0 Å². The van der Waals surface area contributed by atoms with E-state index in [9.17, 15) is 14.7 Å². The van der Waals surface area contributed by atoms with Gasteiger partial charge in [-0.15, -0.1) is 0 Å². The maximum Gasteiger partial charge on any atom is 0.251 e. The van der Waals surface area contributed by atoms with Gasteiger partial charge in [0.25, 0.3) is 11.8 Å². The van der Waals surface area contributed by atoms with E-state index >= 15 is 0 Å². The molecule has 0 aliphatic carbocycles. The molecular formula is C37H43N3O4. The van der Waals surface area contributed by atoms with Crippen molar-refractivity contribution in [2.45, 2.75) is 51.4 Å². The van der Waals surface area contributed by atoms with Crippen LogP contribution in [0, 0.1) is 6.92 Å². The number of likely N-dealkylation sites (N-methyl/N-ethyl adjacent to an activating group) is 1. The molecule has 0 saturated heterocycles. The summed E-state index contributed by atoms with van der Waals surface area (Å²) in [5.74, 6) is 0.0869. The zero-order valence-corrected chi connectivity index (χ0v) is 26.2. The Kier molecular flexibility index (Phi) is 11.3. The topological polar surface area (TPSA) is 90.9 Å². The summed E-state index contributed by atoms with van der Waals surface area (Å²) in [5.41, 5.74) is 4.60. The first kappa shape index (κ1) is 32.5. The van der Waals surface area contributed by atoms with E-state index in [1.165, 1.54) is 0 Å². The lowest BCUT2D eigenvalue weighted by molar-refractivity contribution is 0.0656. The number of ether oxygens (including phenoxy) is 1. The van der Waals surface area contributed by atoms with Crippen molar-refractivity contribution in [3.8, 4) is 5.75 Å². The lowest BCUT2D eigenvalue weighted by atomic mass is 9.98. The van der Waals surface area contributed by atoms with Gasteiger partial charge in [-0.25, -0.2) is 0 Å². The smallest absolute Gasteiger partial charge is 0.251 e. The van der Waals surface area contributed by atoms with Crippen LogP contribution < -0.4 is 15.4 Å². The predicted molar refractivity (Wildman–Crippen MR) is 175 cm³/mol. The Morgan fingerprint density at radius 3 is 2.02 bits per heavy atom. The van der Waals surface area contributed by atoms with Gasteiger partial charge >= 0.3 is 0 Å². The summed E-state index contributed by atoms with van der Waals surface area (Å²) in [4.78, 5) is 29.0. The second-order valence-corrected chi connectivity index (χ2v) is 11.4. The van der Waals surface area contributed by atoms with Crippen molar-refractivity contribution in [3.05, 3.63) is 137 Å². The molecular weight excluding hydrogens is 550 g/mol. The molecule has 4 aromatic carbocycles. The normalized spacial score (nSPS) is 13.9. The van der Waals surface area contributed by atoms with Crippen LogP contribution in [0.2, 0.25) is 0 Å². The second kappa shape index (κ2) is 15.3. The second-order valence-electron chi connectivity index (χ2n) is 11.4. The standard InChI is InChI=1S/C37H43N3O4/c1-25-19-31(36(42)38-26(2)30-17-12-18-33(23-30)44-5)22-32(20-25)37(43)39-34(21-28-13-8-6-9-14-28)35(41)24-40(4)27(3)29-15-10-7-11-16-29/h6-20,22-23,26-27,34-35,41H,21,24H2,1-5H3,(H,38,42)(H,39,43)/t26-,27+,34+,35-/m1/s1. The molecule has 4 aromatic rings. The van der Waals surface area contributed by atoms with E-state index < -0.39 is 12.1 Å². The van der Waals surface area contributed by atoms with Crippen LogP contribution in [0.15, 0.2) is 103 Å². The minimum Gasteiger partial charge on any atom is -0.497 e. The molecule has 4 atom stereocenters. The van der Waals surface area contributed by atoms with Gasteiger partial charge in [0.15, 0.2) is 0 Å². The molecule has 0 unspecified atom stereocenters. The predicted octanol–water partition coefficient (Wildman–Crippen LogP) is 5.89. The molecule has 0 spiro atoms. The van der Waals surface area contributed by atoms with Crippen molar-refractivity contribution < 1.29 is 19.4 Å². The van der Waals surface area contributed by atoms with Crippen molar-refractivity contribution in [2.75, 3.05) is 20.7 Å². The molecule has 0 fully saturated rings. The Balaban J connectivity index is 1.50. The Bertz CT molecular complexity index is 1530. The van der Waals surface area contributed by atoms with Gasteiger partial charge in [0.1, 0.15) is 5.75 Å². The molecule has 0 saturated carbocycles. The highest BCUT2D eigenvalue weighted by molar-refractivity contribution is 6.00. The SMILES string of the molecule is COc1cccc([C@@H](C)NC(=O)c2cc(C)cc(C(=O)N[C@@H](Cc3ccccc3)[C@H](O)CN(C)[C@@H](C)c3ccccc3)c2)c1. The van der Waals surface area contributed by atoms with Crippen LogP contribution >= 0.6 is 0 Å². The molecule has 4 rings (SSSR count). The van der Waals surface area contributed by atoms with Crippen molar-refractivity contribution >= 4 is 11.8 Å². The summed E-state index contributed by atoms with van der Waals surface area (Å²) in [6.07, 6.45) is -0.384. The molecule has 44 heavy (non-hydrogen) atoms. The third-order valence-electron chi connectivity index (χ3n) is 8.04. The summed E-state index contributed by atoms with van der Waals surface area (Å²) < 4.78 is 5.31. The first-order valence-electron chi connectivity index (χ1n) is 15.0. The van der Waals surface area contributed by atoms with Crippen molar-refractivity contribution in [1.82, 2.24) is 15.5 Å². The largest absolute Gasteiger partial charge is 0.497 e. The monoisotopic (exact) mass is 593 g/mol. The molecule has 0 radical (unpaired) electrons. The molecule has 3 N–H and O–H groups in total. The van der Waals surface area contributed by atoms with E-state index in [-0.39, 0.29) is 23.9 Å². The first-order chi connectivity index (χ1) is 21.1. The van der Waals surface area contributed by atoms with Crippen LogP contribution in [0.1, 0.15) is 68.9 Å². The minimum atomic E-state index is -0.841. The number of methoxy groups -OCH3 is 1. The Morgan fingerprint density at radius 1 is 0.795 bits per heavy atom. The number of aliphatic hydroxyl groups excluding tert-OH is 1. The number of benzene rings is 4. The van der Waals surface area contributed by atoms with E-state index in [4.69, 9.17) is 4.74 Å². The zero-order chi connectivity index (χ0) is 31.6. The van der Waals surface area contributed by atoms with Gasteiger partial charge in [-0.2, -0.15) is 0 Å². The summed E-state index contributed by atoms with van der Waals surface area (Å²) in [6.45, 7) is 6.22. The molecule has 2 amide bonds. The number of nitrogens with zero attached hydrogens (tertiary/aromatic N) is 1. The summed E-state index contributed by atoms with van der Waals surface area (Å²) in [5, 5.41) is 17.5. The average Bonchev–Trinajstić information content (AvgIpc) is 3.04. The van der Waals surface area contributed by atoms with E-state index in [0.29, 0.717) is 29.8 Å². The van der Waals surface area contributed by atoms with Gasteiger partial charge in [0.05, 0.1) is 25.3 Å². The van der Waals surface area contributed by atoms with E-state index in [0.717, 1.165) is 22.3 Å². The summed E-state index contributed by atoms with van der Waals surface area (Å²) >= 11 is 0. The van der Waals surface area contributed by atoms with E-state index in [1.807, 2.05) is 93.7 Å². The molecule has 0 aliphatic rings. The average molecular weight is 594 g/mol. The molecule has 0 heterocycles. The molecule has 230 valence electrons. The number of aryl methyl sites for hydroxylation is 1. The fourth-order valence-corrected chi connectivity index (χ4v) is 5.29. The minimum absolute atomic E-state index is 0.0798. The van der Waals surface area contributed by atoms with Crippen LogP contribution in [-0.2, 0) is 6.42 Å². The van der Waals surface area contributed by atoms with E-state index in [1.54, 1.807) is 25.3 Å². The first-order valence-corrected chi connectivity index (χ1v) is 15.0. The number of amides is 2. The van der Waals surface area contributed by atoms with Gasteiger partial charge in [-0.1, -0.05) is 72.8 Å². The van der Waals surface area contributed by atoms with Gasteiger partial charge in [0.2, 0.25) is 0 Å². The number of nitrogens with one attached hydrogen (secondary N) is 2. The number of hydrogen-bond acceptors (Lipinski definition) is 5. The Morgan fingerprint density at radius 2 is 1.39 bits per heavy atom. The van der Waals surface area contributed by atoms with Gasteiger partial charge in [0, 0.05) is 23.7 Å². The molecule has 7 nitrogen and oxygen atoms in total. The maximum absolute atomic E-state index is 13.7. The Hall–Kier alpha value is -4.46. The number of hydrogen-bond donors (Lipinski definition) is 3. The molecule has 0 aliphatic heterocycles. The van der Waals surface area contributed by atoms with Gasteiger partial charge < -0.3 is 20.5 Å². The van der Waals surface area contributed by atoms with Crippen LogP contribution in [0.5, 0.6) is 5.75 Å². The van der Waals surface area contributed by atoms with Crippen molar-refractivity contribution in [1.29, 1.82) is 0 Å². The number of aliphatic hydroxyl groups is 1. The highest BCUT2D eigenvalue weighted by atomic mass is 16.5. The molecule has 0 aromatic heterocycles. The van der Waals surface area contributed by atoms with Gasteiger partial charge in [-0.3, -0.25) is 14.5 Å². The zero-order valence-electron chi connectivity index (χ0n) is 26.2. The van der Waals surface area contributed by atoms with Crippen LogP contribution in [0.3, 0.4) is 0 Å². The van der Waals surface area contributed by atoms with Gasteiger partial charge in [-0.05, 0) is 86.8 Å². The van der Waals surface area contributed by atoms with Crippen LogP contribution in [-0.4, -0.2) is 54.7 Å². The van der Waals surface area contributed by atoms with E-state index in [2.05, 4.69) is 34.6 Å². The fourth-order valence-electron chi connectivity index (χ4n) is 5.29.